The Morgan fingerprint density at radius 3 is 2.76 bits per heavy atom. The largest absolute Gasteiger partial charge is 0.346 e. The molecule has 33 heavy (non-hydrogen) atoms. The van der Waals surface area contributed by atoms with E-state index >= 15 is 0 Å². The molecule has 1 aliphatic rings. The van der Waals surface area contributed by atoms with Crippen molar-refractivity contribution >= 4 is 17.2 Å². The zero-order valence-electron chi connectivity index (χ0n) is 19.6. The molecule has 0 saturated carbocycles. The van der Waals surface area contributed by atoms with Crippen molar-refractivity contribution in [2.75, 3.05) is 13.1 Å². The van der Waals surface area contributed by atoms with Gasteiger partial charge in [0.05, 0.1) is 12.2 Å². The first-order valence-corrected chi connectivity index (χ1v) is 12.6. The number of pyridine rings is 1. The number of nitrogens with one attached hydrogen (secondary N) is 1. The first-order valence-electron chi connectivity index (χ1n) is 11.8. The zero-order valence-corrected chi connectivity index (χ0v) is 20.5. The fourth-order valence-electron chi connectivity index (χ4n) is 4.80. The van der Waals surface area contributed by atoms with Crippen LogP contribution in [-0.4, -0.2) is 39.5 Å². The molecule has 1 fully saturated rings. The lowest BCUT2D eigenvalue weighted by molar-refractivity contribution is 0.0947. The quantitative estimate of drug-likeness (QED) is 0.541. The Bertz CT molecular complexity index is 1170. The third-order valence-electron chi connectivity index (χ3n) is 6.51. The molecule has 1 atom stereocenters. The van der Waals surface area contributed by atoms with Crippen LogP contribution >= 0.6 is 11.3 Å². The smallest absolute Gasteiger partial charge is 0.257 e. The van der Waals surface area contributed by atoms with Crippen LogP contribution in [0.4, 0.5) is 0 Å². The van der Waals surface area contributed by atoms with Gasteiger partial charge in [-0.05, 0) is 39.3 Å². The molecule has 3 aromatic rings. The first kappa shape index (κ1) is 23.4. The Balaban J connectivity index is 1.53. The van der Waals surface area contributed by atoms with Crippen LogP contribution in [0.3, 0.4) is 0 Å². The summed E-state index contributed by atoms with van der Waals surface area (Å²) in [6.07, 6.45) is 2.98. The van der Waals surface area contributed by atoms with Crippen molar-refractivity contribution in [3.05, 3.63) is 74.0 Å². The lowest BCUT2D eigenvalue weighted by atomic mass is 10.1. The van der Waals surface area contributed by atoms with Crippen molar-refractivity contribution in [2.24, 2.45) is 0 Å². The molecular weight excluding hydrogens is 432 g/mol. The molecule has 1 aromatic carbocycles. The first-order chi connectivity index (χ1) is 16.0. The Morgan fingerprint density at radius 2 is 2.03 bits per heavy atom. The molecule has 0 aliphatic carbocycles. The molecule has 0 spiro atoms. The van der Waals surface area contributed by atoms with E-state index in [4.69, 9.17) is 0 Å². The minimum absolute atomic E-state index is 0.207. The summed E-state index contributed by atoms with van der Waals surface area (Å²) < 4.78 is 2.19. The Labute approximate surface area is 199 Å². The van der Waals surface area contributed by atoms with Gasteiger partial charge in [-0.1, -0.05) is 44.2 Å². The third kappa shape index (κ3) is 5.09. The highest BCUT2D eigenvalue weighted by atomic mass is 32.1. The minimum Gasteiger partial charge on any atom is -0.346 e. The number of likely N-dealkylation sites (N-methyl/N-ethyl adjacent to an activating group) is 1. The van der Waals surface area contributed by atoms with E-state index in [1.54, 1.807) is 6.07 Å². The maximum atomic E-state index is 13.2. The molecule has 174 valence electrons. The van der Waals surface area contributed by atoms with Crippen molar-refractivity contribution in [1.29, 1.82) is 0 Å². The minimum atomic E-state index is -0.319. The summed E-state index contributed by atoms with van der Waals surface area (Å²) in [4.78, 5) is 33.2. The number of carbonyl (C=O) groups is 1. The number of hydrogen-bond donors (Lipinski definition) is 1. The Morgan fingerprint density at radius 1 is 1.24 bits per heavy atom. The van der Waals surface area contributed by atoms with Crippen molar-refractivity contribution in [3.63, 3.8) is 0 Å². The fourth-order valence-corrected chi connectivity index (χ4v) is 5.54. The molecule has 7 heteroatoms. The van der Waals surface area contributed by atoms with E-state index in [0.29, 0.717) is 19.0 Å². The molecule has 3 heterocycles. The van der Waals surface area contributed by atoms with Crippen LogP contribution in [0.25, 0.3) is 11.3 Å². The Kier molecular flexibility index (Phi) is 7.40. The number of hydrogen-bond acceptors (Lipinski definition) is 5. The van der Waals surface area contributed by atoms with Crippen LogP contribution in [-0.2, 0) is 19.5 Å². The lowest BCUT2D eigenvalue weighted by Crippen LogP contribution is -2.37. The summed E-state index contributed by atoms with van der Waals surface area (Å²) in [5.41, 5.74) is 3.75. The predicted octanol–water partition coefficient (Wildman–Crippen LogP) is 4.26. The maximum Gasteiger partial charge on any atom is 0.257 e. The summed E-state index contributed by atoms with van der Waals surface area (Å²) in [5, 5.41) is 5.75. The lowest BCUT2D eigenvalue weighted by Gasteiger charge is -2.27. The maximum absolute atomic E-state index is 13.2. The number of aromatic nitrogens is 2. The van der Waals surface area contributed by atoms with E-state index in [2.05, 4.69) is 26.7 Å². The van der Waals surface area contributed by atoms with Crippen LogP contribution in [0, 0.1) is 6.92 Å². The molecule has 0 unspecified atom stereocenters. The van der Waals surface area contributed by atoms with Crippen molar-refractivity contribution in [3.8, 4) is 11.3 Å². The van der Waals surface area contributed by atoms with Gasteiger partial charge in [-0.25, -0.2) is 4.98 Å². The second-order valence-electron chi connectivity index (χ2n) is 8.54. The molecule has 2 aromatic heterocycles. The number of benzene rings is 1. The van der Waals surface area contributed by atoms with Gasteiger partial charge in [0.25, 0.3) is 5.91 Å². The van der Waals surface area contributed by atoms with Crippen LogP contribution in [0.2, 0.25) is 0 Å². The third-order valence-corrected chi connectivity index (χ3v) is 7.36. The number of amides is 1. The van der Waals surface area contributed by atoms with Gasteiger partial charge in [-0.2, -0.15) is 0 Å². The van der Waals surface area contributed by atoms with Gasteiger partial charge in [0.2, 0.25) is 0 Å². The van der Waals surface area contributed by atoms with Gasteiger partial charge in [0.15, 0.2) is 5.43 Å². The van der Waals surface area contributed by atoms with Gasteiger partial charge in [-0.15, -0.1) is 11.3 Å². The van der Waals surface area contributed by atoms with Crippen molar-refractivity contribution < 1.29 is 4.79 Å². The Hall–Kier alpha value is -2.77. The van der Waals surface area contributed by atoms with Gasteiger partial charge in [0.1, 0.15) is 10.6 Å². The van der Waals surface area contributed by atoms with Crippen LogP contribution in [0.15, 0.2) is 46.6 Å². The molecular formula is C26H32N4O2S. The van der Waals surface area contributed by atoms with E-state index in [0.717, 1.165) is 53.7 Å². The second-order valence-corrected chi connectivity index (χ2v) is 9.48. The van der Waals surface area contributed by atoms with Crippen molar-refractivity contribution in [1.82, 2.24) is 19.8 Å². The van der Waals surface area contributed by atoms with E-state index in [1.165, 1.54) is 17.8 Å². The standard InChI is InChI=1S/C26H32N4O2S/c1-4-22-25(23(31)14-18(3)30(22)16-20-12-9-13-29(20)5-2)26(32)27-15-24-28-21(17-33-24)19-10-7-6-8-11-19/h6-8,10-11,14,17,20H,4-5,9,12-13,15-16H2,1-3H3,(H,27,32)/t20-/m1/s1. The summed E-state index contributed by atoms with van der Waals surface area (Å²) in [7, 11) is 0. The van der Waals surface area contributed by atoms with Gasteiger partial charge >= 0.3 is 0 Å². The molecule has 1 N–H and O–H groups in total. The van der Waals surface area contributed by atoms with Crippen LogP contribution < -0.4 is 10.7 Å². The average Bonchev–Trinajstić information content (AvgIpc) is 3.48. The SMILES string of the molecule is CCc1c(C(=O)NCc2nc(-c3ccccc3)cs2)c(=O)cc(C)n1C[C@H]1CCCN1CC. The topological polar surface area (TPSA) is 67.2 Å². The summed E-state index contributed by atoms with van der Waals surface area (Å²) >= 11 is 1.51. The molecule has 0 bridgehead atoms. The highest BCUT2D eigenvalue weighted by Gasteiger charge is 2.26. The normalized spacial score (nSPS) is 16.3. The monoisotopic (exact) mass is 464 g/mol. The summed E-state index contributed by atoms with van der Waals surface area (Å²) in [6, 6.07) is 12.0. The number of likely N-dealkylation sites (tertiary alicyclic amines) is 1. The molecule has 0 radical (unpaired) electrons. The molecule has 4 rings (SSSR count). The van der Waals surface area contributed by atoms with Gasteiger partial charge < -0.3 is 9.88 Å². The van der Waals surface area contributed by atoms with Crippen LogP contribution in [0.1, 0.15) is 53.4 Å². The van der Waals surface area contributed by atoms with E-state index in [9.17, 15) is 9.59 Å². The number of rotatable bonds is 8. The van der Waals surface area contributed by atoms with E-state index in [1.807, 2.05) is 49.6 Å². The van der Waals surface area contributed by atoms with E-state index in [-0.39, 0.29) is 16.9 Å². The molecule has 1 amide bonds. The number of carbonyl (C=O) groups excluding carboxylic acids is 1. The molecule has 6 nitrogen and oxygen atoms in total. The number of aryl methyl sites for hydroxylation is 1. The van der Waals surface area contributed by atoms with E-state index < -0.39 is 0 Å². The zero-order chi connectivity index (χ0) is 23.4. The van der Waals surface area contributed by atoms with Crippen molar-refractivity contribution in [2.45, 2.75) is 59.2 Å². The average molecular weight is 465 g/mol. The van der Waals surface area contributed by atoms with Gasteiger partial charge in [0, 0.05) is 41.0 Å². The summed E-state index contributed by atoms with van der Waals surface area (Å²) in [5.74, 6) is -0.319. The highest BCUT2D eigenvalue weighted by Crippen LogP contribution is 2.22. The van der Waals surface area contributed by atoms with Crippen LogP contribution in [0.5, 0.6) is 0 Å². The molecule has 1 aliphatic heterocycles. The fraction of sp³-hybridized carbons (Fsp3) is 0.423. The molecule has 1 saturated heterocycles. The highest BCUT2D eigenvalue weighted by molar-refractivity contribution is 7.09. The van der Waals surface area contributed by atoms with Gasteiger partial charge in [-0.3, -0.25) is 14.5 Å². The predicted molar refractivity (Wildman–Crippen MR) is 134 cm³/mol. The number of nitrogens with zero attached hydrogens (tertiary/aromatic N) is 3. The summed E-state index contributed by atoms with van der Waals surface area (Å²) in [6.45, 7) is 9.44. The second kappa shape index (κ2) is 10.4. The number of thiazole rings is 1.